The number of hydrogen-bond donors (Lipinski definition) is 1. The highest BCUT2D eigenvalue weighted by molar-refractivity contribution is 5.90. The number of rotatable bonds is 3. The lowest BCUT2D eigenvalue weighted by molar-refractivity contribution is 0.897. The van der Waals surface area contributed by atoms with Crippen molar-refractivity contribution in [2.45, 2.75) is 6.92 Å². The minimum absolute atomic E-state index is 0.390. The van der Waals surface area contributed by atoms with Gasteiger partial charge in [0.25, 0.3) is 0 Å². The van der Waals surface area contributed by atoms with Crippen molar-refractivity contribution in [1.29, 1.82) is 0 Å². The number of imidazole rings is 1. The highest BCUT2D eigenvalue weighted by Gasteiger charge is 2.03. The Morgan fingerprint density at radius 1 is 1.05 bits per heavy atom. The van der Waals surface area contributed by atoms with E-state index in [0.29, 0.717) is 5.95 Å². The van der Waals surface area contributed by atoms with Crippen LogP contribution in [-0.2, 0) is 0 Å². The average Bonchev–Trinajstić information content (AvgIpc) is 2.84. The molecule has 0 radical (unpaired) electrons. The van der Waals surface area contributed by atoms with E-state index < -0.39 is 0 Å². The Labute approximate surface area is 123 Å². The van der Waals surface area contributed by atoms with Gasteiger partial charge in [-0.15, -0.1) is 0 Å². The van der Waals surface area contributed by atoms with Crippen molar-refractivity contribution in [3.8, 4) is 11.1 Å². The van der Waals surface area contributed by atoms with Crippen LogP contribution in [0.2, 0.25) is 0 Å². The molecule has 0 aliphatic heterocycles. The van der Waals surface area contributed by atoms with E-state index in [1.807, 2.05) is 43.3 Å². The summed E-state index contributed by atoms with van der Waals surface area (Å²) in [6, 6.07) is 18.4. The van der Waals surface area contributed by atoms with Crippen LogP contribution in [0.15, 0.2) is 65.9 Å². The third-order valence-electron chi connectivity index (χ3n) is 3.20. The second kappa shape index (κ2) is 5.63. The molecule has 0 unspecified atom stereocenters. The van der Waals surface area contributed by atoms with Crippen LogP contribution in [0, 0.1) is 6.92 Å². The molecular weight excluding hydrogens is 260 g/mol. The predicted octanol–water partition coefficient (Wildman–Crippen LogP) is 3.32. The molecule has 3 aromatic rings. The molecule has 0 spiro atoms. The van der Waals surface area contributed by atoms with Gasteiger partial charge in [-0.05, 0) is 18.1 Å². The molecule has 0 aliphatic carbocycles. The Morgan fingerprint density at radius 3 is 2.48 bits per heavy atom. The summed E-state index contributed by atoms with van der Waals surface area (Å²) < 4.78 is 1.58. The Balaban J connectivity index is 1.98. The molecule has 4 nitrogen and oxygen atoms in total. The van der Waals surface area contributed by atoms with Gasteiger partial charge in [-0.2, -0.15) is 5.10 Å². The van der Waals surface area contributed by atoms with Gasteiger partial charge in [-0.1, -0.05) is 54.6 Å². The SMILES string of the molecule is Cc1cn(N=Cc2ccccc2-c2ccccc2)c(N)n1. The first-order valence-corrected chi connectivity index (χ1v) is 6.74. The van der Waals surface area contributed by atoms with Crippen LogP contribution in [-0.4, -0.2) is 15.9 Å². The van der Waals surface area contributed by atoms with Gasteiger partial charge in [0.15, 0.2) is 0 Å². The standard InChI is InChI=1S/C17H16N4/c1-13-12-21(17(18)20-13)19-11-15-9-5-6-10-16(15)14-7-3-2-4-8-14/h2-12H,1H3,(H2,18,20). The summed E-state index contributed by atoms with van der Waals surface area (Å²) in [6.07, 6.45) is 3.61. The molecule has 3 rings (SSSR count). The van der Waals surface area contributed by atoms with Crippen molar-refractivity contribution in [3.63, 3.8) is 0 Å². The predicted molar refractivity (Wildman–Crippen MR) is 86.2 cm³/mol. The fourth-order valence-corrected chi connectivity index (χ4v) is 2.21. The van der Waals surface area contributed by atoms with Crippen molar-refractivity contribution in [3.05, 3.63) is 72.1 Å². The molecule has 1 heterocycles. The molecule has 2 N–H and O–H groups in total. The topological polar surface area (TPSA) is 56.2 Å². The van der Waals surface area contributed by atoms with Crippen LogP contribution in [0.25, 0.3) is 11.1 Å². The van der Waals surface area contributed by atoms with Gasteiger partial charge < -0.3 is 5.73 Å². The zero-order chi connectivity index (χ0) is 14.7. The summed E-state index contributed by atoms with van der Waals surface area (Å²) in [5, 5.41) is 4.39. The number of aromatic nitrogens is 2. The molecule has 21 heavy (non-hydrogen) atoms. The molecule has 0 bridgehead atoms. The number of aryl methyl sites for hydroxylation is 1. The van der Waals surface area contributed by atoms with Gasteiger partial charge in [-0.25, -0.2) is 9.66 Å². The van der Waals surface area contributed by atoms with Crippen molar-refractivity contribution in [2.75, 3.05) is 5.73 Å². The van der Waals surface area contributed by atoms with Crippen LogP contribution < -0.4 is 5.73 Å². The van der Waals surface area contributed by atoms with Crippen LogP contribution in [0.5, 0.6) is 0 Å². The second-order valence-corrected chi connectivity index (χ2v) is 4.78. The third kappa shape index (κ3) is 2.84. The monoisotopic (exact) mass is 276 g/mol. The van der Waals surface area contributed by atoms with Gasteiger partial charge in [0.2, 0.25) is 5.95 Å². The smallest absolute Gasteiger partial charge is 0.221 e. The van der Waals surface area contributed by atoms with Gasteiger partial charge in [0, 0.05) is 5.56 Å². The lowest BCUT2D eigenvalue weighted by Gasteiger charge is -2.05. The molecule has 0 atom stereocenters. The summed E-state index contributed by atoms with van der Waals surface area (Å²) in [5.74, 6) is 0.390. The zero-order valence-corrected chi connectivity index (χ0v) is 11.8. The lowest BCUT2D eigenvalue weighted by Crippen LogP contribution is -1.97. The zero-order valence-electron chi connectivity index (χ0n) is 11.8. The summed E-state index contributed by atoms with van der Waals surface area (Å²) in [4.78, 5) is 4.13. The highest BCUT2D eigenvalue weighted by atomic mass is 15.4. The number of nitrogens with two attached hydrogens (primary N) is 1. The van der Waals surface area contributed by atoms with Gasteiger partial charge in [0.05, 0.1) is 18.1 Å². The minimum Gasteiger partial charge on any atom is -0.368 e. The number of nitrogen functional groups attached to an aromatic ring is 1. The van der Waals surface area contributed by atoms with E-state index >= 15 is 0 Å². The fourth-order valence-electron chi connectivity index (χ4n) is 2.21. The average molecular weight is 276 g/mol. The van der Waals surface area contributed by atoms with E-state index in [1.54, 1.807) is 17.1 Å². The molecule has 0 aliphatic rings. The molecule has 1 aromatic heterocycles. The van der Waals surface area contributed by atoms with Crippen LogP contribution in [0.4, 0.5) is 5.95 Å². The summed E-state index contributed by atoms with van der Waals surface area (Å²) in [5.41, 5.74) is 9.98. The van der Waals surface area contributed by atoms with Crippen LogP contribution in [0.3, 0.4) is 0 Å². The van der Waals surface area contributed by atoms with Gasteiger partial charge >= 0.3 is 0 Å². The molecule has 0 saturated heterocycles. The summed E-state index contributed by atoms with van der Waals surface area (Å²) >= 11 is 0. The molecule has 2 aromatic carbocycles. The number of benzene rings is 2. The fraction of sp³-hybridized carbons (Fsp3) is 0.0588. The molecule has 0 amide bonds. The first kappa shape index (κ1) is 13.1. The maximum atomic E-state index is 5.79. The van der Waals surface area contributed by atoms with E-state index in [-0.39, 0.29) is 0 Å². The molecular formula is C17H16N4. The summed E-state index contributed by atoms with van der Waals surface area (Å²) in [6.45, 7) is 1.89. The minimum atomic E-state index is 0.390. The lowest BCUT2D eigenvalue weighted by atomic mass is 10.0. The van der Waals surface area contributed by atoms with Crippen molar-refractivity contribution >= 4 is 12.2 Å². The van der Waals surface area contributed by atoms with Crippen molar-refractivity contribution in [1.82, 2.24) is 9.66 Å². The quantitative estimate of drug-likeness (QED) is 0.746. The normalized spacial score (nSPS) is 11.1. The largest absolute Gasteiger partial charge is 0.368 e. The second-order valence-electron chi connectivity index (χ2n) is 4.78. The number of anilines is 1. The number of nitrogens with zero attached hydrogens (tertiary/aromatic N) is 3. The van der Waals surface area contributed by atoms with E-state index in [1.165, 1.54) is 0 Å². The van der Waals surface area contributed by atoms with Gasteiger partial charge in [0.1, 0.15) is 0 Å². The molecule has 0 saturated carbocycles. The maximum Gasteiger partial charge on any atom is 0.221 e. The molecule has 104 valence electrons. The Bertz CT molecular complexity index is 772. The van der Waals surface area contributed by atoms with Crippen molar-refractivity contribution in [2.24, 2.45) is 5.10 Å². The van der Waals surface area contributed by atoms with E-state index in [2.05, 4.69) is 28.3 Å². The Morgan fingerprint density at radius 2 is 1.76 bits per heavy atom. The Kier molecular flexibility index (Phi) is 3.51. The Hall–Kier alpha value is -2.88. The molecule has 0 fully saturated rings. The van der Waals surface area contributed by atoms with Crippen LogP contribution >= 0.6 is 0 Å². The van der Waals surface area contributed by atoms with E-state index in [4.69, 9.17) is 5.73 Å². The third-order valence-corrected chi connectivity index (χ3v) is 3.20. The highest BCUT2D eigenvalue weighted by Crippen LogP contribution is 2.22. The first-order chi connectivity index (χ1) is 10.2. The first-order valence-electron chi connectivity index (χ1n) is 6.74. The van der Waals surface area contributed by atoms with Crippen molar-refractivity contribution < 1.29 is 0 Å². The summed E-state index contributed by atoms with van der Waals surface area (Å²) in [7, 11) is 0. The van der Waals surface area contributed by atoms with E-state index in [9.17, 15) is 0 Å². The maximum absolute atomic E-state index is 5.79. The molecule has 4 heteroatoms. The number of hydrogen-bond acceptors (Lipinski definition) is 3. The van der Waals surface area contributed by atoms with Crippen LogP contribution in [0.1, 0.15) is 11.3 Å². The van der Waals surface area contributed by atoms with E-state index in [0.717, 1.165) is 22.4 Å². The van der Waals surface area contributed by atoms with Gasteiger partial charge in [-0.3, -0.25) is 0 Å².